The van der Waals surface area contributed by atoms with Gasteiger partial charge in [0.25, 0.3) is 0 Å². The second kappa shape index (κ2) is 5.73. The van der Waals surface area contributed by atoms with Crippen LogP contribution in [0.2, 0.25) is 0 Å². The molecule has 0 N–H and O–H groups in total. The predicted molar refractivity (Wildman–Crippen MR) is 70.1 cm³/mol. The second-order valence-electron chi connectivity index (χ2n) is 4.15. The van der Waals surface area contributed by atoms with Crippen molar-refractivity contribution in [3.63, 3.8) is 0 Å². The lowest BCUT2D eigenvalue weighted by molar-refractivity contribution is -0.117. The summed E-state index contributed by atoms with van der Waals surface area (Å²) in [4.78, 5) is 28.0. The van der Waals surface area contributed by atoms with Crippen LogP contribution in [0.4, 0.5) is 5.69 Å². The van der Waals surface area contributed by atoms with E-state index >= 15 is 0 Å². The van der Waals surface area contributed by atoms with E-state index in [2.05, 4.69) is 14.8 Å². The molecule has 1 aliphatic rings. The molecule has 1 amide bonds. The first-order chi connectivity index (χ1) is 9.15. The van der Waals surface area contributed by atoms with E-state index in [-0.39, 0.29) is 11.8 Å². The zero-order valence-corrected chi connectivity index (χ0v) is 11.1. The van der Waals surface area contributed by atoms with Gasteiger partial charge in [0, 0.05) is 29.8 Å². The lowest BCUT2D eigenvalue weighted by atomic mass is 10.1. The number of esters is 1. The zero-order chi connectivity index (χ0) is 13.8. The Morgan fingerprint density at radius 3 is 3.21 bits per heavy atom. The third kappa shape index (κ3) is 2.86. The van der Waals surface area contributed by atoms with Gasteiger partial charge in [-0.1, -0.05) is 5.11 Å². The van der Waals surface area contributed by atoms with E-state index in [1.165, 1.54) is 18.4 Å². The molecule has 1 aromatic rings. The molecule has 1 saturated heterocycles. The number of hydrogen-bond donors (Lipinski definition) is 0. The monoisotopic (exact) mass is 280 g/mol. The molecule has 19 heavy (non-hydrogen) atoms. The summed E-state index contributed by atoms with van der Waals surface area (Å²) in [7, 11) is 1.32. The van der Waals surface area contributed by atoms with Crippen LogP contribution in [0.5, 0.6) is 0 Å². The molecule has 0 saturated carbocycles. The van der Waals surface area contributed by atoms with Crippen LogP contribution in [-0.4, -0.2) is 32.1 Å². The van der Waals surface area contributed by atoms with Gasteiger partial charge in [0.15, 0.2) is 0 Å². The number of azide groups is 1. The standard InChI is InChI=1S/C11H12N4O3S/c1-18-11(17)9-3-8(6-19-9)15-5-7(2-10(15)16)4-13-14-12/h3,6-7H,2,4-5H2,1H3. The highest BCUT2D eigenvalue weighted by atomic mass is 32.1. The summed E-state index contributed by atoms with van der Waals surface area (Å²) < 4.78 is 4.63. The number of hydrogen-bond acceptors (Lipinski definition) is 5. The molecule has 7 nitrogen and oxygen atoms in total. The van der Waals surface area contributed by atoms with E-state index in [0.29, 0.717) is 30.1 Å². The van der Waals surface area contributed by atoms with Gasteiger partial charge in [-0.15, -0.1) is 11.3 Å². The van der Waals surface area contributed by atoms with Gasteiger partial charge in [-0.2, -0.15) is 0 Å². The molecule has 1 fully saturated rings. The number of amides is 1. The van der Waals surface area contributed by atoms with Crippen molar-refractivity contribution in [1.29, 1.82) is 0 Å². The SMILES string of the molecule is COC(=O)c1cc(N2CC(CN=[N+]=[N-])CC2=O)cs1. The van der Waals surface area contributed by atoms with Crippen molar-refractivity contribution in [3.8, 4) is 0 Å². The van der Waals surface area contributed by atoms with Crippen molar-refractivity contribution in [3.05, 3.63) is 26.8 Å². The van der Waals surface area contributed by atoms with Gasteiger partial charge in [-0.05, 0) is 17.5 Å². The number of carbonyl (C=O) groups excluding carboxylic acids is 2. The number of carbonyl (C=O) groups is 2. The quantitative estimate of drug-likeness (QED) is 0.366. The van der Waals surface area contributed by atoms with Gasteiger partial charge in [-0.3, -0.25) is 4.79 Å². The molecule has 1 atom stereocenters. The maximum atomic E-state index is 11.9. The average Bonchev–Trinajstić information content (AvgIpc) is 3.02. The van der Waals surface area contributed by atoms with Gasteiger partial charge in [0.1, 0.15) is 4.88 Å². The van der Waals surface area contributed by atoms with Crippen molar-refractivity contribution in [2.75, 3.05) is 25.1 Å². The van der Waals surface area contributed by atoms with Crippen LogP contribution >= 0.6 is 11.3 Å². The van der Waals surface area contributed by atoms with Crippen LogP contribution in [0.3, 0.4) is 0 Å². The van der Waals surface area contributed by atoms with Crippen molar-refractivity contribution in [2.45, 2.75) is 6.42 Å². The summed E-state index contributed by atoms with van der Waals surface area (Å²) in [5.41, 5.74) is 8.97. The van der Waals surface area contributed by atoms with Crippen LogP contribution in [0.25, 0.3) is 10.4 Å². The molecule has 2 heterocycles. The van der Waals surface area contributed by atoms with Crippen LogP contribution < -0.4 is 4.90 Å². The fourth-order valence-corrected chi connectivity index (χ4v) is 2.79. The van der Waals surface area contributed by atoms with E-state index in [4.69, 9.17) is 5.53 Å². The fourth-order valence-electron chi connectivity index (χ4n) is 1.98. The molecule has 1 aromatic heterocycles. The van der Waals surface area contributed by atoms with E-state index in [0.717, 1.165) is 0 Å². The van der Waals surface area contributed by atoms with Gasteiger partial charge in [0.2, 0.25) is 5.91 Å². The van der Waals surface area contributed by atoms with Gasteiger partial charge < -0.3 is 9.64 Å². The minimum Gasteiger partial charge on any atom is -0.465 e. The summed E-state index contributed by atoms with van der Waals surface area (Å²) in [5, 5.41) is 5.24. The molecular weight excluding hydrogens is 268 g/mol. The third-order valence-corrected chi connectivity index (χ3v) is 3.79. The van der Waals surface area contributed by atoms with Gasteiger partial charge >= 0.3 is 5.97 Å². The summed E-state index contributed by atoms with van der Waals surface area (Å²) in [6.07, 6.45) is 0.364. The van der Waals surface area contributed by atoms with Crippen LogP contribution in [-0.2, 0) is 9.53 Å². The summed E-state index contributed by atoms with van der Waals surface area (Å²) >= 11 is 1.24. The zero-order valence-electron chi connectivity index (χ0n) is 10.3. The number of rotatable bonds is 4. The normalized spacial score (nSPS) is 18.3. The maximum absolute atomic E-state index is 11.9. The van der Waals surface area contributed by atoms with E-state index in [1.807, 2.05) is 0 Å². The Balaban J connectivity index is 2.09. The molecule has 100 valence electrons. The molecule has 0 spiro atoms. The average molecular weight is 280 g/mol. The number of anilines is 1. The van der Waals surface area contributed by atoms with Gasteiger partial charge in [-0.25, -0.2) is 4.79 Å². The smallest absolute Gasteiger partial charge is 0.348 e. The second-order valence-corrected chi connectivity index (χ2v) is 5.06. The Bertz CT molecular complexity index is 550. The highest BCUT2D eigenvalue weighted by Gasteiger charge is 2.30. The maximum Gasteiger partial charge on any atom is 0.348 e. The lowest BCUT2D eigenvalue weighted by Gasteiger charge is -2.13. The van der Waals surface area contributed by atoms with Crippen molar-refractivity contribution in [1.82, 2.24) is 0 Å². The van der Waals surface area contributed by atoms with E-state index in [1.54, 1.807) is 16.3 Å². The first-order valence-electron chi connectivity index (χ1n) is 5.63. The minimum atomic E-state index is -0.409. The Hall–Kier alpha value is -2.05. The largest absolute Gasteiger partial charge is 0.465 e. The van der Waals surface area contributed by atoms with E-state index in [9.17, 15) is 9.59 Å². The molecular formula is C11H12N4O3S. The molecule has 0 bridgehead atoms. The molecule has 0 radical (unpaired) electrons. The third-order valence-electron chi connectivity index (χ3n) is 2.89. The number of nitrogens with zero attached hydrogens (tertiary/aromatic N) is 4. The summed E-state index contributed by atoms with van der Waals surface area (Å²) in [6, 6.07) is 1.64. The Morgan fingerprint density at radius 2 is 2.53 bits per heavy atom. The van der Waals surface area contributed by atoms with Gasteiger partial charge in [0.05, 0.1) is 12.8 Å². The number of methoxy groups -OCH3 is 1. The van der Waals surface area contributed by atoms with Crippen LogP contribution in [0.1, 0.15) is 16.1 Å². The Morgan fingerprint density at radius 1 is 1.74 bits per heavy atom. The van der Waals surface area contributed by atoms with E-state index < -0.39 is 5.97 Å². The highest BCUT2D eigenvalue weighted by molar-refractivity contribution is 7.12. The number of thiophene rings is 1. The van der Waals surface area contributed by atoms with Crippen molar-refractivity contribution >= 4 is 28.9 Å². The fraction of sp³-hybridized carbons (Fsp3) is 0.455. The predicted octanol–water partition coefficient (Wildman–Crippen LogP) is 2.20. The van der Waals surface area contributed by atoms with Crippen molar-refractivity contribution in [2.24, 2.45) is 11.0 Å². The molecule has 1 unspecified atom stereocenters. The molecule has 1 aliphatic heterocycles. The summed E-state index contributed by atoms with van der Waals surface area (Å²) in [6.45, 7) is 0.821. The summed E-state index contributed by atoms with van der Waals surface area (Å²) in [5.74, 6) is -0.397. The van der Waals surface area contributed by atoms with Crippen molar-refractivity contribution < 1.29 is 14.3 Å². The molecule has 0 aromatic carbocycles. The topological polar surface area (TPSA) is 95.4 Å². The Labute approximate surface area is 113 Å². The highest BCUT2D eigenvalue weighted by Crippen LogP contribution is 2.29. The molecule has 2 rings (SSSR count). The number of ether oxygens (including phenoxy) is 1. The van der Waals surface area contributed by atoms with Crippen LogP contribution in [0.15, 0.2) is 16.6 Å². The minimum absolute atomic E-state index is 0.0210. The first kappa shape index (κ1) is 13.4. The first-order valence-corrected chi connectivity index (χ1v) is 6.51. The lowest BCUT2D eigenvalue weighted by Crippen LogP contribution is -2.24. The molecule has 8 heteroatoms. The Kier molecular flexibility index (Phi) is 4.03. The van der Waals surface area contributed by atoms with Crippen LogP contribution in [0, 0.1) is 5.92 Å². The molecule has 0 aliphatic carbocycles.